The first-order chi connectivity index (χ1) is 24.9. The standard InChI is InChI=1S/C41H51FN2O8/c1-4-5-19-34(42)40(48)52-37-27-35(43)31(26-36(37)44(49)50)20-23-41(22-15-10-8-6-7-9-11-16-25-51-39(47)29(2)3)24-21-32(38(45)46)33(28-41)30-17-13-12-14-18-30/h12-14,17-18,20-21,23-24,26-27,34H,2,4-11,15-16,19,22,25,28,43H2,1,3H3,(H,45,46)/t34-,41?/m1/s1. The quantitative estimate of drug-likeness (QED) is 0.0230. The van der Waals surface area contributed by atoms with Crippen LogP contribution in [0.15, 0.2) is 78.4 Å². The van der Waals surface area contributed by atoms with Crippen molar-refractivity contribution in [2.75, 3.05) is 12.3 Å². The van der Waals surface area contributed by atoms with Crippen molar-refractivity contribution in [3.05, 3.63) is 99.7 Å². The maximum absolute atomic E-state index is 14.3. The lowest BCUT2D eigenvalue weighted by molar-refractivity contribution is -0.385. The van der Waals surface area contributed by atoms with Crippen LogP contribution in [0.5, 0.6) is 5.75 Å². The summed E-state index contributed by atoms with van der Waals surface area (Å²) in [6.07, 6.45) is 15.1. The summed E-state index contributed by atoms with van der Waals surface area (Å²) >= 11 is 0. The molecule has 280 valence electrons. The van der Waals surface area contributed by atoms with Gasteiger partial charge in [0.05, 0.1) is 17.1 Å². The number of anilines is 1. The Kier molecular flexibility index (Phi) is 16.5. The minimum Gasteiger partial charge on any atom is -0.478 e. The fourth-order valence-corrected chi connectivity index (χ4v) is 6.10. The summed E-state index contributed by atoms with van der Waals surface area (Å²) in [5.74, 6) is -3.02. The van der Waals surface area contributed by atoms with Crippen molar-refractivity contribution in [1.82, 2.24) is 0 Å². The Balaban J connectivity index is 1.77. The second-order valence-corrected chi connectivity index (χ2v) is 13.4. The number of benzene rings is 2. The monoisotopic (exact) mass is 718 g/mol. The van der Waals surface area contributed by atoms with Crippen LogP contribution in [-0.4, -0.2) is 40.7 Å². The molecule has 0 saturated carbocycles. The summed E-state index contributed by atoms with van der Waals surface area (Å²) < 4.78 is 24.6. The summed E-state index contributed by atoms with van der Waals surface area (Å²) in [7, 11) is 0. The Morgan fingerprint density at radius 1 is 1.06 bits per heavy atom. The third-order valence-corrected chi connectivity index (χ3v) is 9.12. The second-order valence-electron chi connectivity index (χ2n) is 13.4. The number of carbonyl (C=O) groups is 3. The predicted octanol–water partition coefficient (Wildman–Crippen LogP) is 9.74. The Bertz CT molecular complexity index is 1670. The number of nitrogens with two attached hydrogens (primary N) is 1. The van der Waals surface area contributed by atoms with Gasteiger partial charge in [-0.2, -0.15) is 0 Å². The molecule has 1 aliphatic rings. The van der Waals surface area contributed by atoms with E-state index in [2.05, 4.69) is 6.58 Å². The molecule has 0 bridgehead atoms. The van der Waals surface area contributed by atoms with Crippen molar-refractivity contribution in [2.24, 2.45) is 5.41 Å². The molecular formula is C41H51FN2O8. The Labute approximate surface area is 305 Å². The largest absolute Gasteiger partial charge is 0.478 e. The third-order valence-electron chi connectivity index (χ3n) is 9.12. The van der Waals surface area contributed by atoms with E-state index >= 15 is 0 Å². The van der Waals surface area contributed by atoms with E-state index in [4.69, 9.17) is 15.2 Å². The number of aliphatic carboxylic acids is 1. The van der Waals surface area contributed by atoms with Gasteiger partial charge in [-0.1, -0.05) is 126 Å². The van der Waals surface area contributed by atoms with Crippen LogP contribution in [0, 0.1) is 15.5 Å². The zero-order chi connectivity index (χ0) is 38.1. The molecular weight excluding hydrogens is 667 g/mol. The van der Waals surface area contributed by atoms with Crippen LogP contribution in [0.25, 0.3) is 11.6 Å². The van der Waals surface area contributed by atoms with Gasteiger partial charge in [0.1, 0.15) is 0 Å². The van der Waals surface area contributed by atoms with Crippen LogP contribution in [-0.2, 0) is 19.1 Å². The number of nitrogen functional groups attached to an aromatic ring is 1. The molecule has 0 aromatic heterocycles. The van der Waals surface area contributed by atoms with E-state index in [1.165, 1.54) is 6.07 Å². The van der Waals surface area contributed by atoms with Crippen LogP contribution < -0.4 is 10.5 Å². The first-order valence-corrected chi connectivity index (χ1v) is 18.0. The number of carboxylic acids is 1. The normalized spacial score (nSPS) is 16.1. The maximum Gasteiger partial charge on any atom is 0.346 e. The number of unbranched alkanes of at least 4 members (excludes halogenated alkanes) is 8. The summed E-state index contributed by atoms with van der Waals surface area (Å²) in [6.45, 7) is 7.46. The number of rotatable bonds is 22. The van der Waals surface area contributed by atoms with Gasteiger partial charge >= 0.3 is 23.6 Å². The Morgan fingerprint density at radius 3 is 2.33 bits per heavy atom. The SMILES string of the molecule is C=C(C)C(=O)OCCCCCCCCCCC1(C=Cc2cc([N+](=O)[O-])c(OC(=O)[C@H](F)CCCC)cc2N)C=CC(C(=O)O)=C(c2ccccc2)C1. The first kappa shape index (κ1) is 41.4. The van der Waals surface area contributed by atoms with Gasteiger partial charge in [0.25, 0.3) is 0 Å². The van der Waals surface area contributed by atoms with E-state index in [1.807, 2.05) is 49.4 Å². The van der Waals surface area contributed by atoms with E-state index in [9.17, 15) is 34.0 Å². The summed E-state index contributed by atoms with van der Waals surface area (Å²) in [5.41, 5.74) is 7.64. The lowest BCUT2D eigenvalue weighted by atomic mass is 9.71. The summed E-state index contributed by atoms with van der Waals surface area (Å²) in [4.78, 5) is 47.4. The molecule has 11 heteroatoms. The number of carboxylic acid groups (broad SMARTS) is 1. The van der Waals surface area contributed by atoms with E-state index in [1.54, 1.807) is 19.1 Å². The number of nitrogens with zero attached hydrogens (tertiary/aromatic N) is 1. The van der Waals surface area contributed by atoms with Crippen molar-refractivity contribution in [3.8, 4) is 5.75 Å². The van der Waals surface area contributed by atoms with Crippen molar-refractivity contribution < 1.29 is 38.3 Å². The van der Waals surface area contributed by atoms with Gasteiger partial charge in [-0.3, -0.25) is 10.1 Å². The van der Waals surface area contributed by atoms with Crippen molar-refractivity contribution in [3.63, 3.8) is 0 Å². The molecule has 10 nitrogen and oxygen atoms in total. The van der Waals surface area contributed by atoms with Crippen LogP contribution >= 0.6 is 0 Å². The van der Waals surface area contributed by atoms with Gasteiger partial charge in [0.15, 0.2) is 6.17 Å². The lowest BCUT2D eigenvalue weighted by Gasteiger charge is -2.33. The fraction of sp³-hybridized carbons (Fsp3) is 0.439. The zero-order valence-corrected chi connectivity index (χ0v) is 30.2. The molecule has 3 N–H and O–H groups in total. The highest BCUT2D eigenvalue weighted by atomic mass is 19.1. The summed E-state index contributed by atoms with van der Waals surface area (Å²) in [5, 5.41) is 22.1. The number of carbonyl (C=O) groups excluding carboxylic acids is 2. The Morgan fingerprint density at radius 2 is 1.71 bits per heavy atom. The average molecular weight is 719 g/mol. The van der Waals surface area contributed by atoms with Gasteiger partial charge in [-0.05, 0) is 43.7 Å². The van der Waals surface area contributed by atoms with Crippen LogP contribution in [0.3, 0.4) is 0 Å². The molecule has 0 fully saturated rings. The molecule has 2 aromatic rings. The molecule has 0 heterocycles. The van der Waals surface area contributed by atoms with Gasteiger partial charge in [-0.25, -0.2) is 18.8 Å². The molecule has 0 radical (unpaired) electrons. The molecule has 3 rings (SSSR count). The Hall–Kier alpha value is -5.06. The average Bonchev–Trinajstić information content (AvgIpc) is 3.12. The lowest BCUT2D eigenvalue weighted by Crippen LogP contribution is -2.22. The number of hydrogen-bond acceptors (Lipinski definition) is 8. The van der Waals surface area contributed by atoms with Gasteiger partial charge < -0.3 is 20.3 Å². The summed E-state index contributed by atoms with van der Waals surface area (Å²) in [6, 6.07) is 11.7. The van der Waals surface area contributed by atoms with E-state index in [-0.39, 0.29) is 23.7 Å². The van der Waals surface area contributed by atoms with Crippen LogP contribution in [0.2, 0.25) is 0 Å². The van der Waals surface area contributed by atoms with E-state index in [0.29, 0.717) is 49.0 Å². The van der Waals surface area contributed by atoms with E-state index in [0.717, 1.165) is 63.0 Å². The number of allylic oxidation sites excluding steroid dienone is 3. The number of ether oxygens (including phenoxy) is 2. The number of nitro benzene ring substituents is 1. The molecule has 2 atom stereocenters. The van der Waals surface area contributed by atoms with Gasteiger partial charge in [0.2, 0.25) is 5.75 Å². The third kappa shape index (κ3) is 12.6. The molecule has 1 unspecified atom stereocenters. The molecule has 0 spiro atoms. The van der Waals surface area contributed by atoms with Crippen molar-refractivity contribution >= 4 is 40.9 Å². The molecule has 52 heavy (non-hydrogen) atoms. The molecule has 0 amide bonds. The molecule has 0 saturated heterocycles. The molecule has 0 aliphatic heterocycles. The number of halogens is 1. The number of esters is 2. The molecule has 1 aliphatic carbocycles. The second kappa shape index (κ2) is 20.7. The first-order valence-electron chi connectivity index (χ1n) is 18.0. The van der Waals surface area contributed by atoms with Gasteiger partial charge in [0, 0.05) is 34.4 Å². The van der Waals surface area contributed by atoms with Crippen molar-refractivity contribution in [2.45, 2.75) is 103 Å². The number of nitro groups is 1. The molecule has 2 aromatic carbocycles. The maximum atomic E-state index is 14.3. The topological polar surface area (TPSA) is 159 Å². The highest BCUT2D eigenvalue weighted by Gasteiger charge is 2.32. The van der Waals surface area contributed by atoms with Gasteiger partial charge in [-0.15, -0.1) is 0 Å². The van der Waals surface area contributed by atoms with Crippen LogP contribution in [0.1, 0.15) is 108 Å². The minimum absolute atomic E-state index is 0.0472. The highest BCUT2D eigenvalue weighted by molar-refractivity contribution is 6.00. The van der Waals surface area contributed by atoms with E-state index < -0.39 is 39.9 Å². The number of alkyl halides is 1. The van der Waals surface area contributed by atoms with Crippen LogP contribution in [0.4, 0.5) is 15.8 Å². The number of hydrogen-bond donors (Lipinski definition) is 2. The van der Waals surface area contributed by atoms with Crippen molar-refractivity contribution in [1.29, 1.82) is 0 Å². The zero-order valence-electron chi connectivity index (χ0n) is 30.2. The smallest absolute Gasteiger partial charge is 0.346 e. The minimum atomic E-state index is -1.91. The predicted molar refractivity (Wildman–Crippen MR) is 201 cm³/mol. The highest BCUT2D eigenvalue weighted by Crippen LogP contribution is 2.45. The fourth-order valence-electron chi connectivity index (χ4n) is 6.10.